The normalized spacial score (nSPS) is 31.7. The molecule has 0 amide bonds. The third-order valence-electron chi connectivity index (χ3n) is 3.81. The van der Waals surface area contributed by atoms with Crippen LogP contribution in [0.25, 0.3) is 0 Å². The van der Waals surface area contributed by atoms with Crippen molar-refractivity contribution in [2.45, 2.75) is 46.1 Å². The van der Waals surface area contributed by atoms with E-state index in [1.165, 1.54) is 30.2 Å². The Hall–Kier alpha value is -0.180. The number of nitrogens with zero attached hydrogens (tertiary/aromatic N) is 1. The number of aliphatic imine (C=N–C) groups is 1. The molecule has 1 atom stereocenters. The molecule has 1 saturated carbocycles. The van der Waals surface area contributed by atoms with Gasteiger partial charge in [-0.2, -0.15) is 0 Å². The van der Waals surface area contributed by atoms with E-state index in [1.54, 1.807) is 0 Å². The van der Waals surface area contributed by atoms with Crippen molar-refractivity contribution in [3.8, 4) is 0 Å². The van der Waals surface area contributed by atoms with Crippen LogP contribution in [0.15, 0.2) is 4.99 Å². The fourth-order valence-corrected chi connectivity index (χ4v) is 3.16. The van der Waals surface area contributed by atoms with Crippen LogP contribution in [0.3, 0.4) is 0 Å². The first-order chi connectivity index (χ1) is 7.12. The number of thioether (sulfide) groups is 1. The molecule has 1 aliphatic heterocycles. The SMILES string of the molecule is CC1CCSC(=NCC2(C(C)C)CC2)N1. The quantitative estimate of drug-likeness (QED) is 0.800. The van der Waals surface area contributed by atoms with Gasteiger partial charge in [-0.3, -0.25) is 4.99 Å². The van der Waals surface area contributed by atoms with Gasteiger partial charge in [-0.05, 0) is 37.5 Å². The topological polar surface area (TPSA) is 24.4 Å². The van der Waals surface area contributed by atoms with Crippen molar-refractivity contribution in [1.82, 2.24) is 5.32 Å². The molecule has 1 saturated heterocycles. The maximum atomic E-state index is 4.76. The van der Waals surface area contributed by atoms with Gasteiger partial charge in [-0.25, -0.2) is 0 Å². The highest BCUT2D eigenvalue weighted by Crippen LogP contribution is 2.52. The van der Waals surface area contributed by atoms with Gasteiger partial charge in [0.05, 0.1) is 0 Å². The molecule has 0 spiro atoms. The molecule has 86 valence electrons. The molecule has 2 fully saturated rings. The van der Waals surface area contributed by atoms with Crippen LogP contribution in [-0.4, -0.2) is 23.5 Å². The number of amidine groups is 1. The lowest BCUT2D eigenvalue weighted by molar-refractivity contribution is 0.371. The first-order valence-corrected chi connectivity index (χ1v) is 7.05. The van der Waals surface area contributed by atoms with E-state index in [1.807, 2.05) is 11.8 Å². The molecule has 15 heavy (non-hydrogen) atoms. The predicted molar refractivity (Wildman–Crippen MR) is 68.5 cm³/mol. The molecule has 3 heteroatoms. The fourth-order valence-electron chi connectivity index (χ4n) is 2.06. The van der Waals surface area contributed by atoms with Gasteiger partial charge < -0.3 is 5.32 Å². The summed E-state index contributed by atoms with van der Waals surface area (Å²) in [6, 6.07) is 0.610. The summed E-state index contributed by atoms with van der Waals surface area (Å²) >= 11 is 1.89. The highest BCUT2D eigenvalue weighted by molar-refractivity contribution is 8.13. The van der Waals surface area contributed by atoms with Gasteiger partial charge in [-0.1, -0.05) is 25.6 Å². The first-order valence-electron chi connectivity index (χ1n) is 6.06. The van der Waals surface area contributed by atoms with E-state index in [9.17, 15) is 0 Å². The van der Waals surface area contributed by atoms with Crippen molar-refractivity contribution < 1.29 is 0 Å². The second-order valence-electron chi connectivity index (χ2n) is 5.32. The van der Waals surface area contributed by atoms with Crippen molar-refractivity contribution >= 4 is 16.9 Å². The van der Waals surface area contributed by atoms with Crippen molar-refractivity contribution in [3.05, 3.63) is 0 Å². The Bertz CT molecular complexity index is 256. The number of nitrogens with one attached hydrogen (secondary N) is 1. The molecule has 1 unspecified atom stereocenters. The molecule has 0 radical (unpaired) electrons. The zero-order valence-electron chi connectivity index (χ0n) is 10.0. The van der Waals surface area contributed by atoms with E-state index in [-0.39, 0.29) is 0 Å². The second-order valence-corrected chi connectivity index (χ2v) is 6.40. The summed E-state index contributed by atoms with van der Waals surface area (Å²) in [6.45, 7) is 7.94. The van der Waals surface area contributed by atoms with Crippen LogP contribution < -0.4 is 5.32 Å². The van der Waals surface area contributed by atoms with Gasteiger partial charge in [0.15, 0.2) is 5.17 Å². The van der Waals surface area contributed by atoms with E-state index in [0.717, 1.165) is 12.5 Å². The summed E-state index contributed by atoms with van der Waals surface area (Å²) in [5.41, 5.74) is 0.552. The van der Waals surface area contributed by atoms with Crippen LogP contribution in [0.4, 0.5) is 0 Å². The van der Waals surface area contributed by atoms with Crippen LogP contribution in [0, 0.1) is 11.3 Å². The maximum absolute atomic E-state index is 4.76. The van der Waals surface area contributed by atoms with Crippen molar-refractivity contribution in [1.29, 1.82) is 0 Å². The van der Waals surface area contributed by atoms with Gasteiger partial charge in [0.25, 0.3) is 0 Å². The number of rotatable bonds is 3. The molecule has 2 aliphatic rings. The number of hydrogen-bond donors (Lipinski definition) is 1. The minimum absolute atomic E-state index is 0.552. The van der Waals surface area contributed by atoms with Crippen molar-refractivity contribution in [2.75, 3.05) is 12.3 Å². The highest BCUT2D eigenvalue weighted by Gasteiger charge is 2.45. The Balaban J connectivity index is 1.88. The molecule has 1 aliphatic carbocycles. The van der Waals surface area contributed by atoms with Crippen molar-refractivity contribution in [2.24, 2.45) is 16.3 Å². The summed E-state index contributed by atoms with van der Waals surface area (Å²) in [6.07, 6.45) is 4.02. The van der Waals surface area contributed by atoms with E-state index in [4.69, 9.17) is 4.99 Å². The molecule has 0 aromatic carbocycles. The molecule has 2 rings (SSSR count). The van der Waals surface area contributed by atoms with Crippen LogP contribution in [-0.2, 0) is 0 Å². The number of hydrogen-bond acceptors (Lipinski definition) is 2. The van der Waals surface area contributed by atoms with Crippen LogP contribution in [0.1, 0.15) is 40.0 Å². The lowest BCUT2D eigenvalue weighted by Gasteiger charge is -2.23. The second kappa shape index (κ2) is 4.36. The Morgan fingerprint density at radius 3 is 2.80 bits per heavy atom. The van der Waals surface area contributed by atoms with E-state index in [2.05, 4.69) is 26.1 Å². The third-order valence-corrected chi connectivity index (χ3v) is 4.77. The summed E-state index contributed by atoms with van der Waals surface area (Å²) in [5, 5.41) is 4.65. The van der Waals surface area contributed by atoms with Crippen LogP contribution in [0.2, 0.25) is 0 Å². The lowest BCUT2D eigenvalue weighted by atomic mass is 9.93. The van der Waals surface area contributed by atoms with Gasteiger partial charge >= 0.3 is 0 Å². The van der Waals surface area contributed by atoms with Gasteiger partial charge in [0, 0.05) is 18.3 Å². The Morgan fingerprint density at radius 1 is 1.53 bits per heavy atom. The minimum Gasteiger partial charge on any atom is -0.362 e. The summed E-state index contributed by atoms with van der Waals surface area (Å²) in [7, 11) is 0. The molecule has 0 bridgehead atoms. The van der Waals surface area contributed by atoms with Crippen LogP contribution in [0.5, 0.6) is 0 Å². The predicted octanol–water partition coefficient (Wildman–Crippen LogP) is 2.89. The average Bonchev–Trinajstić information content (AvgIpc) is 2.96. The zero-order chi connectivity index (χ0) is 10.9. The van der Waals surface area contributed by atoms with E-state index < -0.39 is 0 Å². The Morgan fingerprint density at radius 2 is 2.27 bits per heavy atom. The lowest BCUT2D eigenvalue weighted by Crippen LogP contribution is -2.36. The first kappa shape index (κ1) is 11.3. The Kier molecular flexibility index (Phi) is 3.29. The summed E-state index contributed by atoms with van der Waals surface area (Å²) < 4.78 is 0. The molecular weight excluding hydrogens is 204 g/mol. The monoisotopic (exact) mass is 226 g/mol. The third kappa shape index (κ3) is 2.68. The van der Waals surface area contributed by atoms with Gasteiger partial charge in [-0.15, -0.1) is 0 Å². The largest absolute Gasteiger partial charge is 0.362 e. The average molecular weight is 226 g/mol. The fraction of sp³-hybridized carbons (Fsp3) is 0.917. The molecule has 1 heterocycles. The van der Waals surface area contributed by atoms with Crippen molar-refractivity contribution in [3.63, 3.8) is 0 Å². The van der Waals surface area contributed by atoms with Gasteiger partial charge in [0.2, 0.25) is 0 Å². The summed E-state index contributed by atoms with van der Waals surface area (Å²) in [4.78, 5) is 4.76. The molecule has 0 aromatic heterocycles. The molecule has 0 aromatic rings. The maximum Gasteiger partial charge on any atom is 0.156 e. The van der Waals surface area contributed by atoms with E-state index in [0.29, 0.717) is 11.5 Å². The van der Waals surface area contributed by atoms with Gasteiger partial charge in [0.1, 0.15) is 0 Å². The standard InChI is InChI=1S/C12H22N2S/c1-9(2)12(5-6-12)8-13-11-14-10(3)4-7-15-11/h9-10H,4-8H2,1-3H3,(H,13,14). The zero-order valence-corrected chi connectivity index (χ0v) is 10.9. The molecular formula is C12H22N2S. The molecule has 2 nitrogen and oxygen atoms in total. The van der Waals surface area contributed by atoms with Crippen LogP contribution >= 0.6 is 11.8 Å². The Labute approximate surface area is 97.3 Å². The summed E-state index contributed by atoms with van der Waals surface area (Å²) in [5.74, 6) is 2.01. The minimum atomic E-state index is 0.552. The van der Waals surface area contributed by atoms with E-state index >= 15 is 0 Å². The highest BCUT2D eigenvalue weighted by atomic mass is 32.2. The smallest absolute Gasteiger partial charge is 0.156 e. The molecule has 1 N–H and O–H groups in total.